The molecule has 2 aromatic heterocycles. The van der Waals surface area contributed by atoms with Gasteiger partial charge in [0.2, 0.25) is 13.6 Å². The van der Waals surface area contributed by atoms with Crippen LogP contribution >= 0.6 is 0 Å². The number of carbonyl (C=O) groups is 4. The van der Waals surface area contributed by atoms with Crippen molar-refractivity contribution in [3.63, 3.8) is 0 Å². The maximum Gasteiger partial charge on any atom is 0.328 e. The number of oxazole rings is 1. The molecule has 16 rings (SSSR count). The minimum absolute atomic E-state index is 0.0112. The van der Waals surface area contributed by atoms with Crippen LogP contribution in [0.1, 0.15) is 196 Å². The first kappa shape index (κ1) is 92.5. The van der Waals surface area contributed by atoms with E-state index < -0.39 is 105 Å². The quantitative estimate of drug-likeness (QED) is 0.0410. The SMILES string of the molecule is CC1Cc2c(ccc3c2OCO3)C(c2c(F)cc(/C=C/C(=O)O)cc2F)N1CC(C)(C)F.CC1Cc2c(oc3c(F)cccc23)C(c2c(F)cc(/C=C/C(=O)O)cc2F)N1CC(C)(C)F.CC1Cc2cc3c(cc2C(c2ccc(/C=C/C(=O)O)cc2)N1CC(C)(C)F)OCO3.CC1Cc2cc3ocnc3cc2C(c2c(F)cc(/C=C/C(=O)O)cc2F)N1CC(C)(C)F. The lowest BCUT2D eigenvalue weighted by Gasteiger charge is -2.44. The number of nitrogens with zero attached hydrogens (tertiary/aromatic N) is 5. The minimum Gasteiger partial charge on any atom is -0.478 e. The fourth-order valence-corrected chi connectivity index (χ4v) is 17.7. The Balaban J connectivity index is 0.000000145. The Bertz CT molecular complexity index is 5910. The van der Waals surface area contributed by atoms with Crippen molar-refractivity contribution in [2.45, 2.75) is 180 Å². The fraction of sp³-hybridized carbons (Fsp3) is 0.351. The van der Waals surface area contributed by atoms with E-state index in [4.69, 9.17) is 48.2 Å². The third kappa shape index (κ3) is 21.3. The summed E-state index contributed by atoms with van der Waals surface area (Å²) >= 11 is 0. The summed E-state index contributed by atoms with van der Waals surface area (Å²) in [5, 5.41) is 35.7. The largest absolute Gasteiger partial charge is 0.478 e. The second kappa shape index (κ2) is 37.1. The highest BCUT2D eigenvalue weighted by atomic mass is 19.2. The van der Waals surface area contributed by atoms with E-state index in [1.54, 1.807) is 58.9 Å². The molecule has 0 bridgehead atoms. The van der Waals surface area contributed by atoms with Gasteiger partial charge in [0.05, 0.1) is 18.1 Å². The average Bonchev–Trinajstić information content (AvgIpc) is 1.44. The van der Waals surface area contributed by atoms with Crippen molar-refractivity contribution in [1.82, 2.24) is 24.6 Å². The van der Waals surface area contributed by atoms with E-state index >= 15 is 26.3 Å². The Labute approximate surface area is 725 Å². The molecule has 0 saturated carbocycles. The van der Waals surface area contributed by atoms with Crippen molar-refractivity contribution in [3.8, 4) is 23.0 Å². The molecule has 0 saturated heterocycles. The summed E-state index contributed by atoms with van der Waals surface area (Å²) in [6.07, 6.45) is 12.0. The molecule has 6 aliphatic heterocycles. The van der Waals surface area contributed by atoms with Crippen LogP contribution in [0.2, 0.25) is 0 Å². The first-order valence-electron chi connectivity index (χ1n) is 41.1. The van der Waals surface area contributed by atoms with E-state index in [1.807, 2.05) is 63.2 Å². The van der Waals surface area contributed by atoms with Gasteiger partial charge < -0.3 is 48.2 Å². The van der Waals surface area contributed by atoms with Gasteiger partial charge in [-0.1, -0.05) is 42.5 Å². The predicted octanol–water partition coefficient (Wildman–Crippen LogP) is 20.8. The minimum atomic E-state index is -1.68. The number of rotatable bonds is 20. The van der Waals surface area contributed by atoms with Crippen molar-refractivity contribution < 1.29 is 116 Å². The Hall–Kier alpha value is -12.1. The summed E-state index contributed by atoms with van der Waals surface area (Å²) in [5.41, 5.74) is 1.92. The summed E-state index contributed by atoms with van der Waals surface area (Å²) in [4.78, 5) is 54.6. The predicted molar refractivity (Wildman–Crippen MR) is 455 cm³/mol. The highest BCUT2D eigenvalue weighted by Crippen LogP contribution is 2.52. The lowest BCUT2D eigenvalue weighted by Crippen LogP contribution is -2.48. The van der Waals surface area contributed by atoms with E-state index in [1.165, 1.54) is 65.6 Å². The molecule has 8 atom stereocenters. The topological polar surface area (TPSA) is 238 Å². The molecule has 0 fully saturated rings. The van der Waals surface area contributed by atoms with E-state index in [2.05, 4.69) is 16.8 Å². The Kier molecular flexibility index (Phi) is 27.0. The van der Waals surface area contributed by atoms with Gasteiger partial charge in [0.1, 0.15) is 74.9 Å². The van der Waals surface area contributed by atoms with Gasteiger partial charge >= 0.3 is 23.9 Å². The number of para-hydroxylation sites is 1. The van der Waals surface area contributed by atoms with Crippen LogP contribution in [-0.4, -0.2) is 155 Å². The van der Waals surface area contributed by atoms with Crippen LogP contribution in [0.15, 0.2) is 155 Å². The standard InChI is InChI=1S/C25H23F4NO3.C24H23F3N2O3.C24H24F3NO4.C24H26FNO4/c1-13-9-16-15-5-4-6-17(26)23(15)33-24(16)22(30(13)12-25(2,3)29)21-18(27)10-14(11-19(21)28)7-8-20(31)32;1-13-6-15-9-20-19(28-12-32-20)10-16(15)23(29(13)11-24(2,3)27)22-17(25)7-14(8-18(22)26)4-5-21(30)31;1-13-8-16-15(5-6-19-23(16)32-12-31-19)22(28(13)11-24(2,3)27)21-17(25)9-14(10-18(21)26)4-7-20(29)30;1-15-10-18-11-20-21(30-14-29-20)12-19(18)23(26(15)13-24(2,3)25)17-7-4-16(5-8-17)6-9-22(27)28/h4-8,10-11,13,22H,9,12H2,1-3H3,(H,31,32);4-5,7-10,12-13,23H,6,11H2,1-3H3,(H,30,31);4-7,9-10,13,22H,8,11-12H2,1-3H3,(H,29,30);4-9,11-12,15,23H,10,13-14H2,1-3H3,(H,27,28)/b8-7+;5-4+;7-4+;9-6+. The van der Waals surface area contributed by atoms with Crippen LogP contribution in [0.3, 0.4) is 0 Å². The summed E-state index contributed by atoms with van der Waals surface area (Å²) in [6, 6.07) is 26.0. The number of fused-ring (bicyclic) bond motifs is 10. The zero-order chi connectivity index (χ0) is 92.0. The van der Waals surface area contributed by atoms with Crippen LogP contribution < -0.4 is 18.9 Å². The Morgan fingerprint density at radius 1 is 0.417 bits per heavy atom. The van der Waals surface area contributed by atoms with Gasteiger partial charge in [-0.25, -0.2) is 72.5 Å². The highest BCUT2D eigenvalue weighted by Gasteiger charge is 2.47. The van der Waals surface area contributed by atoms with Gasteiger partial charge in [0.25, 0.3) is 0 Å². The van der Waals surface area contributed by atoms with Crippen LogP contribution in [-0.2, 0) is 44.9 Å². The molecule has 8 aromatic carbocycles. The number of hydrogen-bond donors (Lipinski definition) is 4. The summed E-state index contributed by atoms with van der Waals surface area (Å²) in [7, 11) is 0. The smallest absolute Gasteiger partial charge is 0.328 e. The van der Waals surface area contributed by atoms with Gasteiger partial charge in [-0.3, -0.25) is 19.6 Å². The third-order valence-electron chi connectivity index (χ3n) is 22.7. The van der Waals surface area contributed by atoms with E-state index in [0.717, 1.165) is 119 Å². The van der Waals surface area contributed by atoms with Crippen molar-refractivity contribution >= 4 is 70.3 Å². The van der Waals surface area contributed by atoms with E-state index in [-0.39, 0.29) is 108 Å². The van der Waals surface area contributed by atoms with Crippen molar-refractivity contribution in [2.75, 3.05) is 39.8 Å². The number of aliphatic carboxylic acids is 4. The maximum atomic E-state index is 15.3. The molecule has 6 aliphatic rings. The molecule has 10 aromatic rings. The molecular weight excluding hydrogens is 1670 g/mol. The van der Waals surface area contributed by atoms with Gasteiger partial charge in [0.15, 0.2) is 46.4 Å². The number of carboxylic acid groups (broad SMARTS) is 4. The number of carboxylic acids is 4. The first-order chi connectivity index (χ1) is 59.7. The second-order valence-electron chi connectivity index (χ2n) is 35.1. The summed E-state index contributed by atoms with van der Waals surface area (Å²) < 4.78 is 199. The molecule has 4 N–H and O–H groups in total. The monoisotopic (exact) mass is 1760 g/mol. The molecule has 0 radical (unpaired) electrons. The molecule has 19 nitrogen and oxygen atoms in total. The molecule has 670 valence electrons. The van der Waals surface area contributed by atoms with Gasteiger partial charge in [-0.15, -0.1) is 0 Å². The summed E-state index contributed by atoms with van der Waals surface area (Å²) in [6.45, 7) is 19.8. The number of furan rings is 1. The number of alkyl halides is 4. The van der Waals surface area contributed by atoms with Gasteiger partial charge in [0, 0.05) is 108 Å². The van der Waals surface area contributed by atoms with Crippen LogP contribution in [0.25, 0.3) is 46.4 Å². The summed E-state index contributed by atoms with van der Waals surface area (Å²) in [5.74, 6) is -7.72. The number of aromatic nitrogens is 1. The van der Waals surface area contributed by atoms with Crippen LogP contribution in [0.4, 0.5) is 48.3 Å². The molecule has 0 amide bonds. The Morgan fingerprint density at radius 2 is 0.811 bits per heavy atom. The average molecular weight is 1760 g/mol. The zero-order valence-electron chi connectivity index (χ0n) is 71.6. The van der Waals surface area contributed by atoms with Crippen LogP contribution in [0.5, 0.6) is 23.0 Å². The van der Waals surface area contributed by atoms with Gasteiger partial charge in [-0.2, -0.15) is 0 Å². The first-order valence-corrected chi connectivity index (χ1v) is 41.1. The molecule has 127 heavy (non-hydrogen) atoms. The zero-order valence-corrected chi connectivity index (χ0v) is 71.6. The number of halogens is 11. The molecule has 8 unspecified atom stereocenters. The Morgan fingerprint density at radius 3 is 1.28 bits per heavy atom. The lowest BCUT2D eigenvalue weighted by molar-refractivity contribution is -0.132. The van der Waals surface area contributed by atoms with Crippen molar-refractivity contribution in [1.29, 1.82) is 0 Å². The van der Waals surface area contributed by atoms with Crippen molar-refractivity contribution in [2.24, 2.45) is 0 Å². The molecule has 30 heteroatoms. The van der Waals surface area contributed by atoms with Gasteiger partial charge in [-0.05, 0) is 262 Å². The normalized spacial score (nSPS) is 20.1. The number of hydrogen-bond acceptors (Lipinski definition) is 15. The number of ether oxygens (including phenoxy) is 4. The van der Waals surface area contributed by atoms with Crippen LogP contribution in [0, 0.1) is 40.7 Å². The highest BCUT2D eigenvalue weighted by molar-refractivity contribution is 5.88. The molecule has 0 spiro atoms. The fourth-order valence-electron chi connectivity index (χ4n) is 17.7. The third-order valence-corrected chi connectivity index (χ3v) is 22.7. The maximum absolute atomic E-state index is 15.3. The number of benzene rings is 8. The second-order valence-corrected chi connectivity index (χ2v) is 35.1. The lowest BCUT2D eigenvalue weighted by atomic mass is 9.83. The van der Waals surface area contributed by atoms with Crippen molar-refractivity contribution in [3.05, 3.63) is 276 Å². The molecular formula is C97H96F11N5O14. The van der Waals surface area contributed by atoms with E-state index in [0.29, 0.717) is 76.2 Å². The molecule has 8 heterocycles. The molecule has 0 aliphatic carbocycles. The van der Waals surface area contributed by atoms with E-state index in [9.17, 15) is 41.1 Å².